The molecule has 0 N–H and O–H groups in total. The van der Waals surface area contributed by atoms with Crippen LogP contribution >= 0.6 is 0 Å². The molecule has 0 aromatic carbocycles. The second kappa shape index (κ2) is 6.29. The van der Waals surface area contributed by atoms with E-state index < -0.39 is 0 Å². The van der Waals surface area contributed by atoms with Crippen LogP contribution in [0.15, 0.2) is 24.4 Å². The summed E-state index contributed by atoms with van der Waals surface area (Å²) in [4.78, 5) is 9.99. The largest absolute Gasteiger partial charge is 0.357 e. The summed E-state index contributed by atoms with van der Waals surface area (Å²) in [5, 5.41) is 1.27. The van der Waals surface area contributed by atoms with Crippen LogP contribution in [0.3, 0.4) is 0 Å². The zero-order valence-electron chi connectivity index (χ0n) is 13.4. The number of nitrogens with zero attached hydrogens (tertiary/aromatic N) is 4. The third kappa shape index (κ3) is 2.84. The van der Waals surface area contributed by atoms with Gasteiger partial charge in [0.05, 0.1) is 0 Å². The van der Waals surface area contributed by atoms with Gasteiger partial charge in [-0.1, -0.05) is 0 Å². The summed E-state index contributed by atoms with van der Waals surface area (Å²) in [6.45, 7) is 7.07. The van der Waals surface area contributed by atoms with Crippen LogP contribution in [0.5, 0.6) is 0 Å². The first-order valence-corrected chi connectivity index (χ1v) is 8.83. The van der Waals surface area contributed by atoms with Gasteiger partial charge in [0.15, 0.2) is 0 Å². The van der Waals surface area contributed by atoms with E-state index in [0.717, 1.165) is 37.6 Å². The van der Waals surface area contributed by atoms with E-state index in [0.29, 0.717) is 0 Å². The summed E-state index contributed by atoms with van der Waals surface area (Å²) in [7, 11) is 0. The quantitative estimate of drug-likeness (QED) is 0.867. The zero-order valence-corrected chi connectivity index (χ0v) is 13.4. The van der Waals surface area contributed by atoms with Crippen molar-refractivity contribution in [3.63, 3.8) is 0 Å². The summed E-state index contributed by atoms with van der Waals surface area (Å²) in [6.07, 6.45) is 8.90. The van der Waals surface area contributed by atoms with Crippen molar-refractivity contribution in [3.8, 4) is 0 Å². The van der Waals surface area contributed by atoms with Gasteiger partial charge in [-0.05, 0) is 63.4 Å². The molecule has 118 valence electrons. The minimum atomic E-state index is 1.06. The second-order valence-electron chi connectivity index (χ2n) is 6.69. The van der Waals surface area contributed by atoms with E-state index >= 15 is 0 Å². The molecule has 0 saturated carbocycles. The first kappa shape index (κ1) is 14.1. The minimum Gasteiger partial charge on any atom is -0.357 e. The van der Waals surface area contributed by atoms with Gasteiger partial charge >= 0.3 is 0 Å². The average molecular weight is 298 g/mol. The first-order valence-electron chi connectivity index (χ1n) is 8.83. The fraction of sp³-hybridized carbons (Fsp3) is 0.611. The van der Waals surface area contributed by atoms with Gasteiger partial charge in [0.1, 0.15) is 11.5 Å². The molecule has 2 saturated heterocycles. The Hall–Kier alpha value is -1.55. The van der Waals surface area contributed by atoms with E-state index in [9.17, 15) is 0 Å². The molecule has 0 unspecified atom stereocenters. The summed E-state index contributed by atoms with van der Waals surface area (Å²) in [6, 6.07) is 6.63. The van der Waals surface area contributed by atoms with Crippen molar-refractivity contribution in [2.24, 2.45) is 0 Å². The van der Waals surface area contributed by atoms with Crippen molar-refractivity contribution in [2.45, 2.75) is 38.6 Å². The van der Waals surface area contributed by atoms with Gasteiger partial charge in [-0.2, -0.15) is 0 Å². The van der Waals surface area contributed by atoms with Crippen molar-refractivity contribution < 1.29 is 0 Å². The fourth-order valence-electron chi connectivity index (χ4n) is 3.79. The molecule has 4 heteroatoms. The normalized spacial score (nSPS) is 20.1. The minimum absolute atomic E-state index is 1.06. The van der Waals surface area contributed by atoms with Crippen LogP contribution in [0.4, 0.5) is 5.82 Å². The highest BCUT2D eigenvalue weighted by molar-refractivity contribution is 5.78. The fourth-order valence-corrected chi connectivity index (χ4v) is 3.79. The topological polar surface area (TPSA) is 24.3 Å². The van der Waals surface area contributed by atoms with Crippen LogP contribution < -0.4 is 4.90 Å². The molecule has 2 aromatic heterocycles. The van der Waals surface area contributed by atoms with E-state index in [1.165, 1.54) is 50.6 Å². The van der Waals surface area contributed by atoms with Crippen LogP contribution in [0, 0.1) is 0 Å². The van der Waals surface area contributed by atoms with Crippen molar-refractivity contribution in [1.82, 2.24) is 14.5 Å². The van der Waals surface area contributed by atoms with Gasteiger partial charge in [-0.15, -0.1) is 0 Å². The van der Waals surface area contributed by atoms with Crippen LogP contribution in [0.2, 0.25) is 0 Å². The molecule has 22 heavy (non-hydrogen) atoms. The van der Waals surface area contributed by atoms with E-state index in [2.05, 4.69) is 38.8 Å². The molecule has 2 fully saturated rings. The van der Waals surface area contributed by atoms with Gasteiger partial charge in [0.2, 0.25) is 0 Å². The van der Waals surface area contributed by atoms with Crippen molar-refractivity contribution in [2.75, 3.05) is 37.6 Å². The number of anilines is 1. The number of hydrogen-bond acceptors (Lipinski definition) is 3. The van der Waals surface area contributed by atoms with Gasteiger partial charge in [-0.3, -0.25) is 0 Å². The SMILES string of the molecule is c1cc2ccn(CCN3CCCC3)c2nc1N1CCCCC1. The lowest BCUT2D eigenvalue weighted by molar-refractivity contribution is 0.324. The number of aromatic nitrogens is 2. The van der Waals surface area contributed by atoms with E-state index in [1.807, 2.05) is 0 Å². The monoisotopic (exact) mass is 298 g/mol. The summed E-state index contributed by atoms with van der Waals surface area (Å²) >= 11 is 0. The van der Waals surface area contributed by atoms with Crippen LogP contribution in [0.25, 0.3) is 11.0 Å². The average Bonchev–Trinajstić information content (AvgIpc) is 3.23. The predicted octanol–water partition coefficient (Wildman–Crippen LogP) is 3.12. The Morgan fingerprint density at radius 2 is 1.59 bits per heavy atom. The molecule has 4 nitrogen and oxygen atoms in total. The number of hydrogen-bond donors (Lipinski definition) is 0. The maximum Gasteiger partial charge on any atom is 0.142 e. The van der Waals surface area contributed by atoms with E-state index in [1.54, 1.807) is 0 Å². The Balaban J connectivity index is 1.53. The van der Waals surface area contributed by atoms with Crippen LogP contribution in [-0.4, -0.2) is 47.2 Å². The van der Waals surface area contributed by atoms with Crippen molar-refractivity contribution in [1.29, 1.82) is 0 Å². The van der Waals surface area contributed by atoms with Gasteiger partial charge < -0.3 is 14.4 Å². The third-order valence-corrected chi connectivity index (χ3v) is 5.13. The molecule has 0 aliphatic carbocycles. The molecule has 4 rings (SSSR count). The highest BCUT2D eigenvalue weighted by Gasteiger charge is 2.15. The van der Waals surface area contributed by atoms with Crippen LogP contribution in [0.1, 0.15) is 32.1 Å². The highest BCUT2D eigenvalue weighted by atomic mass is 15.2. The number of fused-ring (bicyclic) bond motifs is 1. The number of pyridine rings is 1. The highest BCUT2D eigenvalue weighted by Crippen LogP contribution is 2.22. The number of rotatable bonds is 4. The van der Waals surface area contributed by atoms with Crippen molar-refractivity contribution in [3.05, 3.63) is 24.4 Å². The molecular formula is C18H26N4. The molecule has 2 aromatic rings. The number of piperidine rings is 1. The van der Waals surface area contributed by atoms with Crippen LogP contribution in [-0.2, 0) is 6.54 Å². The third-order valence-electron chi connectivity index (χ3n) is 5.13. The maximum atomic E-state index is 4.97. The lowest BCUT2D eigenvalue weighted by Crippen LogP contribution is -2.30. The lowest BCUT2D eigenvalue weighted by atomic mass is 10.1. The number of likely N-dealkylation sites (tertiary alicyclic amines) is 1. The molecule has 0 atom stereocenters. The zero-order chi connectivity index (χ0) is 14.8. The van der Waals surface area contributed by atoms with Gasteiger partial charge in [0.25, 0.3) is 0 Å². The molecule has 0 bridgehead atoms. The summed E-state index contributed by atoms with van der Waals surface area (Å²) in [5.74, 6) is 1.16. The molecule has 0 radical (unpaired) electrons. The molecule has 2 aliphatic heterocycles. The summed E-state index contributed by atoms with van der Waals surface area (Å²) < 4.78 is 2.33. The molecule has 2 aliphatic rings. The van der Waals surface area contributed by atoms with E-state index in [-0.39, 0.29) is 0 Å². The summed E-state index contributed by atoms with van der Waals surface area (Å²) in [5.41, 5.74) is 1.15. The Bertz CT molecular complexity index is 621. The second-order valence-corrected chi connectivity index (χ2v) is 6.69. The van der Waals surface area contributed by atoms with Gasteiger partial charge in [-0.25, -0.2) is 4.98 Å². The van der Waals surface area contributed by atoms with Crippen molar-refractivity contribution >= 4 is 16.9 Å². The smallest absolute Gasteiger partial charge is 0.142 e. The Morgan fingerprint density at radius 3 is 2.41 bits per heavy atom. The molecule has 0 amide bonds. The maximum absolute atomic E-state index is 4.97. The standard InChI is InChI=1S/C18H26N4/c1-2-11-21(12-3-1)17-7-6-16-8-13-22(18(16)19-17)15-14-20-9-4-5-10-20/h6-8,13H,1-5,9-12,14-15H2. The predicted molar refractivity (Wildman–Crippen MR) is 91.5 cm³/mol. The lowest BCUT2D eigenvalue weighted by Gasteiger charge is -2.27. The Labute approximate surface area is 132 Å². The van der Waals surface area contributed by atoms with Gasteiger partial charge in [0, 0.05) is 37.8 Å². The molecule has 0 spiro atoms. The molecule has 4 heterocycles. The Kier molecular flexibility index (Phi) is 4.02. The first-order chi connectivity index (χ1) is 10.9. The Morgan fingerprint density at radius 1 is 0.818 bits per heavy atom. The molecular weight excluding hydrogens is 272 g/mol. The van der Waals surface area contributed by atoms with E-state index in [4.69, 9.17) is 4.98 Å².